The van der Waals surface area contributed by atoms with Gasteiger partial charge in [0.1, 0.15) is 10.6 Å². The third-order valence-electron chi connectivity index (χ3n) is 3.98. The number of nitrogens with zero attached hydrogens (tertiary/aromatic N) is 2. The Kier molecular flexibility index (Phi) is 4.15. The molecule has 0 amide bonds. The lowest BCUT2D eigenvalue weighted by atomic mass is 10.1. The second-order valence-corrected chi connectivity index (χ2v) is 7.39. The summed E-state index contributed by atoms with van der Waals surface area (Å²) in [6.07, 6.45) is 1.52. The molecule has 24 heavy (non-hydrogen) atoms. The highest BCUT2D eigenvalue weighted by Gasteiger charge is 2.23. The lowest BCUT2D eigenvalue weighted by Gasteiger charge is -2.12. The molecule has 3 rings (SSSR count). The summed E-state index contributed by atoms with van der Waals surface area (Å²) < 4.78 is 30.0. The van der Waals surface area contributed by atoms with Crippen molar-refractivity contribution < 1.29 is 8.42 Å². The molecule has 0 aliphatic heterocycles. The summed E-state index contributed by atoms with van der Waals surface area (Å²) in [4.78, 5) is 0.164. The number of anilines is 1. The van der Waals surface area contributed by atoms with Crippen molar-refractivity contribution in [2.75, 3.05) is 4.72 Å². The fraction of sp³-hybridized carbons (Fsp3) is 0.167. The van der Waals surface area contributed by atoms with Crippen LogP contribution in [0.2, 0.25) is 0 Å². The summed E-state index contributed by atoms with van der Waals surface area (Å²) in [5.74, 6) is 0. The lowest BCUT2D eigenvalue weighted by molar-refractivity contribution is 0.601. The van der Waals surface area contributed by atoms with Crippen LogP contribution in [-0.2, 0) is 17.1 Å². The fourth-order valence-electron chi connectivity index (χ4n) is 2.52. The first kappa shape index (κ1) is 16.3. The van der Waals surface area contributed by atoms with Crippen molar-refractivity contribution in [3.63, 3.8) is 0 Å². The van der Waals surface area contributed by atoms with Gasteiger partial charge in [0.15, 0.2) is 0 Å². The number of hydrogen-bond acceptors (Lipinski definition) is 3. The van der Waals surface area contributed by atoms with Crippen molar-refractivity contribution in [2.45, 2.75) is 18.7 Å². The Morgan fingerprint density at radius 2 is 1.71 bits per heavy atom. The van der Waals surface area contributed by atoms with Gasteiger partial charge in [-0.15, -0.1) is 0 Å². The molecule has 0 saturated heterocycles. The van der Waals surface area contributed by atoms with Gasteiger partial charge in [0, 0.05) is 18.8 Å². The first-order valence-electron chi connectivity index (χ1n) is 7.56. The van der Waals surface area contributed by atoms with E-state index < -0.39 is 10.0 Å². The zero-order valence-corrected chi connectivity index (χ0v) is 14.6. The van der Waals surface area contributed by atoms with E-state index in [4.69, 9.17) is 0 Å². The molecule has 2 aromatic carbocycles. The highest BCUT2D eigenvalue weighted by Crippen LogP contribution is 2.28. The molecule has 0 saturated carbocycles. The number of aromatic nitrogens is 2. The van der Waals surface area contributed by atoms with Gasteiger partial charge >= 0.3 is 0 Å². The van der Waals surface area contributed by atoms with Crippen LogP contribution in [0.5, 0.6) is 0 Å². The number of aryl methyl sites for hydroxylation is 2. The van der Waals surface area contributed by atoms with Crippen LogP contribution >= 0.6 is 0 Å². The van der Waals surface area contributed by atoms with Crippen molar-refractivity contribution >= 4 is 15.7 Å². The van der Waals surface area contributed by atoms with Crippen molar-refractivity contribution in [3.8, 4) is 11.3 Å². The lowest BCUT2D eigenvalue weighted by Crippen LogP contribution is -2.14. The molecule has 3 aromatic rings. The van der Waals surface area contributed by atoms with E-state index in [1.54, 1.807) is 13.1 Å². The van der Waals surface area contributed by atoms with Gasteiger partial charge in [0.05, 0.1) is 5.69 Å². The van der Waals surface area contributed by atoms with Crippen molar-refractivity contribution in [3.05, 3.63) is 65.9 Å². The highest BCUT2D eigenvalue weighted by atomic mass is 32.2. The van der Waals surface area contributed by atoms with Crippen LogP contribution in [-0.4, -0.2) is 18.2 Å². The summed E-state index contributed by atoms with van der Waals surface area (Å²) in [6, 6.07) is 14.8. The molecule has 6 heteroatoms. The van der Waals surface area contributed by atoms with Gasteiger partial charge in [0.2, 0.25) is 0 Å². The molecule has 0 atom stereocenters. The van der Waals surface area contributed by atoms with Gasteiger partial charge in [-0.25, -0.2) is 8.42 Å². The van der Waals surface area contributed by atoms with E-state index in [-0.39, 0.29) is 4.90 Å². The summed E-state index contributed by atoms with van der Waals surface area (Å²) in [7, 11) is -2.03. The van der Waals surface area contributed by atoms with Crippen molar-refractivity contribution in [2.24, 2.45) is 7.05 Å². The monoisotopic (exact) mass is 341 g/mol. The van der Waals surface area contributed by atoms with Crippen LogP contribution < -0.4 is 4.72 Å². The topological polar surface area (TPSA) is 64.0 Å². The van der Waals surface area contributed by atoms with E-state index in [2.05, 4.69) is 9.82 Å². The van der Waals surface area contributed by atoms with Gasteiger partial charge in [-0.3, -0.25) is 9.40 Å². The first-order chi connectivity index (χ1) is 11.4. The van der Waals surface area contributed by atoms with Gasteiger partial charge < -0.3 is 0 Å². The molecule has 1 heterocycles. The molecule has 0 aliphatic rings. The van der Waals surface area contributed by atoms with Gasteiger partial charge in [-0.1, -0.05) is 42.5 Å². The zero-order chi connectivity index (χ0) is 17.3. The molecule has 0 fully saturated rings. The third kappa shape index (κ3) is 3.05. The van der Waals surface area contributed by atoms with Gasteiger partial charge in [-0.05, 0) is 31.0 Å². The van der Waals surface area contributed by atoms with Crippen LogP contribution in [0.3, 0.4) is 0 Å². The maximum absolute atomic E-state index is 12.9. The van der Waals surface area contributed by atoms with Crippen LogP contribution in [0.1, 0.15) is 11.1 Å². The number of benzene rings is 2. The minimum atomic E-state index is -3.74. The minimum Gasteiger partial charge on any atom is -0.279 e. The predicted molar refractivity (Wildman–Crippen MR) is 95.4 cm³/mol. The first-order valence-corrected chi connectivity index (χ1v) is 9.05. The maximum atomic E-state index is 12.9. The summed E-state index contributed by atoms with van der Waals surface area (Å²) in [5.41, 5.74) is 3.73. The molecule has 5 nitrogen and oxygen atoms in total. The molecular formula is C18H19N3O2S. The summed E-state index contributed by atoms with van der Waals surface area (Å²) >= 11 is 0. The van der Waals surface area contributed by atoms with Crippen LogP contribution in [0.25, 0.3) is 11.3 Å². The van der Waals surface area contributed by atoms with Gasteiger partial charge in [0.25, 0.3) is 10.0 Å². The van der Waals surface area contributed by atoms with E-state index in [1.807, 2.05) is 56.3 Å². The minimum absolute atomic E-state index is 0.164. The Morgan fingerprint density at radius 1 is 1.00 bits per heavy atom. The van der Waals surface area contributed by atoms with Crippen LogP contribution in [0.4, 0.5) is 5.69 Å². The zero-order valence-electron chi connectivity index (χ0n) is 13.8. The molecule has 0 unspecified atom stereocenters. The molecule has 1 N–H and O–H groups in total. The molecule has 0 radical (unpaired) electrons. The fourth-order valence-corrected chi connectivity index (χ4v) is 3.85. The molecule has 124 valence electrons. The highest BCUT2D eigenvalue weighted by molar-refractivity contribution is 7.92. The second-order valence-electron chi connectivity index (χ2n) is 5.73. The number of nitrogens with one attached hydrogen (secondary N) is 1. The van der Waals surface area contributed by atoms with E-state index in [0.717, 1.165) is 16.7 Å². The maximum Gasteiger partial charge on any atom is 0.265 e. The number of rotatable bonds is 4. The summed E-state index contributed by atoms with van der Waals surface area (Å²) in [5, 5.41) is 4.33. The SMILES string of the molecule is Cc1cccc(NS(=O)(=O)c2cn(C)nc2-c2ccccc2)c1C. The molecule has 0 spiro atoms. The summed E-state index contributed by atoms with van der Waals surface area (Å²) in [6.45, 7) is 3.85. The molecule has 0 aliphatic carbocycles. The largest absolute Gasteiger partial charge is 0.279 e. The normalized spacial score (nSPS) is 11.5. The van der Waals surface area contributed by atoms with E-state index >= 15 is 0 Å². The Morgan fingerprint density at radius 3 is 2.42 bits per heavy atom. The van der Waals surface area contributed by atoms with E-state index in [0.29, 0.717) is 11.4 Å². The standard InChI is InChI=1S/C18H19N3O2S/c1-13-8-7-11-16(14(13)2)20-24(22,23)17-12-21(3)19-18(17)15-9-5-4-6-10-15/h4-12,20H,1-3H3. The third-order valence-corrected chi connectivity index (χ3v) is 5.35. The smallest absolute Gasteiger partial charge is 0.265 e. The Labute approximate surface area is 142 Å². The average molecular weight is 341 g/mol. The van der Waals surface area contributed by atoms with Crippen molar-refractivity contribution in [1.29, 1.82) is 0 Å². The van der Waals surface area contributed by atoms with Crippen LogP contribution in [0.15, 0.2) is 59.6 Å². The number of sulfonamides is 1. The number of hydrogen-bond donors (Lipinski definition) is 1. The van der Waals surface area contributed by atoms with Gasteiger partial charge in [-0.2, -0.15) is 5.10 Å². The van der Waals surface area contributed by atoms with E-state index in [9.17, 15) is 8.42 Å². The Bertz CT molecular complexity index is 977. The molecular weight excluding hydrogens is 322 g/mol. The van der Waals surface area contributed by atoms with Crippen LogP contribution in [0, 0.1) is 13.8 Å². The Balaban J connectivity index is 2.07. The van der Waals surface area contributed by atoms with E-state index in [1.165, 1.54) is 10.9 Å². The average Bonchev–Trinajstić information content (AvgIpc) is 2.95. The molecule has 1 aromatic heterocycles. The second kappa shape index (κ2) is 6.13. The quantitative estimate of drug-likeness (QED) is 0.790. The van der Waals surface area contributed by atoms with Crippen molar-refractivity contribution in [1.82, 2.24) is 9.78 Å². The Hall–Kier alpha value is -2.60. The predicted octanol–water partition coefficient (Wildman–Crippen LogP) is 3.50. The molecule has 0 bridgehead atoms.